The molecular weight excluding hydrogens is 700 g/mol. The number of ketones is 1. The number of fused-ring (bicyclic) bond motifs is 3. The lowest BCUT2D eigenvalue weighted by Crippen LogP contribution is -2.54. The molecule has 16 heteroatoms. The molecule has 300 valence electrons. The minimum atomic E-state index is -0.954. The molecule has 2 aromatic carbocycles. The summed E-state index contributed by atoms with van der Waals surface area (Å²) in [6.07, 6.45) is 0.524. The van der Waals surface area contributed by atoms with Crippen molar-refractivity contribution in [3.63, 3.8) is 0 Å². The number of amides is 4. The van der Waals surface area contributed by atoms with Gasteiger partial charge in [0.05, 0.1) is 52.3 Å². The van der Waals surface area contributed by atoms with E-state index in [1.165, 1.54) is 0 Å². The average Bonchev–Trinajstić information content (AvgIpc) is 3.48. The zero-order valence-corrected chi connectivity index (χ0v) is 31.5. The highest BCUT2D eigenvalue weighted by atomic mass is 16.7. The van der Waals surface area contributed by atoms with Crippen molar-refractivity contribution in [2.24, 2.45) is 17.4 Å². The Morgan fingerprint density at radius 3 is 2.02 bits per heavy atom. The summed E-state index contributed by atoms with van der Waals surface area (Å²) in [5.74, 6) is -1.13. The number of hydroxylamine groups is 1. The van der Waals surface area contributed by atoms with Crippen LogP contribution in [0.3, 0.4) is 0 Å². The second kappa shape index (κ2) is 25.8. The van der Waals surface area contributed by atoms with E-state index < -0.39 is 30.1 Å². The van der Waals surface area contributed by atoms with Crippen LogP contribution in [0.4, 0.5) is 9.59 Å². The van der Waals surface area contributed by atoms with Gasteiger partial charge in [-0.1, -0.05) is 62.4 Å². The number of hydrogen-bond donors (Lipinski definition) is 6. The summed E-state index contributed by atoms with van der Waals surface area (Å²) in [6, 6.07) is 13.6. The highest BCUT2D eigenvalue weighted by molar-refractivity contribution is 5.92. The van der Waals surface area contributed by atoms with E-state index in [9.17, 15) is 19.2 Å². The highest BCUT2D eigenvalue weighted by Crippen LogP contribution is 2.44. The van der Waals surface area contributed by atoms with Gasteiger partial charge >= 0.3 is 12.1 Å². The molecule has 3 rings (SSSR count). The summed E-state index contributed by atoms with van der Waals surface area (Å²) >= 11 is 0. The second-order valence-electron chi connectivity index (χ2n) is 12.9. The van der Waals surface area contributed by atoms with Crippen molar-refractivity contribution in [2.45, 2.75) is 57.5 Å². The topological polar surface area (TPSA) is 224 Å². The first-order valence-electron chi connectivity index (χ1n) is 18.6. The highest BCUT2D eigenvalue weighted by Gasteiger charge is 2.31. The molecule has 0 aromatic heterocycles. The Bertz CT molecular complexity index is 1390. The van der Waals surface area contributed by atoms with Gasteiger partial charge in [0.25, 0.3) is 0 Å². The lowest BCUT2D eigenvalue weighted by atomic mass is 9.98. The Morgan fingerprint density at radius 2 is 1.37 bits per heavy atom. The van der Waals surface area contributed by atoms with Crippen LogP contribution in [0.1, 0.15) is 56.6 Å². The first kappa shape index (κ1) is 44.2. The molecule has 1 aliphatic rings. The first-order valence-corrected chi connectivity index (χ1v) is 18.6. The van der Waals surface area contributed by atoms with E-state index in [0.29, 0.717) is 72.2 Å². The van der Waals surface area contributed by atoms with Gasteiger partial charge in [0.1, 0.15) is 19.4 Å². The molecule has 0 fully saturated rings. The third kappa shape index (κ3) is 16.1. The standard InChI is InChI=1S/C38H58N6O10/c1-27(2)35(44-38(48)53-25-32-30-11-5-3-9-28(30)29-10-4-6-12-31(29)32)36(46)43-33(13-7-16-41-37(40)47)34(45)14-8-17-49-19-20-51-23-24-54-42-26-52-22-21-50-18-15-39/h3-6,9-12,27,32-33,35,42H,7-8,13-26,39H2,1-2H3,(H,43,46)(H,44,48)(H3,40,41,47)/t33-,35-/m0/s1. The fourth-order valence-electron chi connectivity index (χ4n) is 5.87. The maximum atomic E-state index is 13.5. The number of carbonyl (C=O) groups is 4. The van der Waals surface area contributed by atoms with Crippen molar-refractivity contribution in [1.29, 1.82) is 0 Å². The number of carbonyl (C=O) groups excluding carboxylic acids is 4. The Labute approximate surface area is 317 Å². The Balaban J connectivity index is 1.38. The largest absolute Gasteiger partial charge is 0.449 e. The molecule has 8 N–H and O–H groups in total. The SMILES string of the molecule is CC(C)[C@H](NC(=O)OCC1c2ccccc2-c2ccccc21)C(=O)N[C@@H](CCCNC(N)=O)C(=O)CCCOCCOCCONCOCCOCCN. The molecule has 0 bridgehead atoms. The summed E-state index contributed by atoms with van der Waals surface area (Å²) in [5, 5.41) is 8.03. The normalized spacial score (nSPS) is 13.2. The van der Waals surface area contributed by atoms with Crippen molar-refractivity contribution in [3.05, 3.63) is 59.7 Å². The predicted octanol–water partition coefficient (Wildman–Crippen LogP) is 2.34. The predicted molar refractivity (Wildman–Crippen MR) is 201 cm³/mol. The summed E-state index contributed by atoms with van der Waals surface area (Å²) in [5.41, 5.74) is 17.6. The fourth-order valence-corrected chi connectivity index (χ4v) is 5.87. The fraction of sp³-hybridized carbons (Fsp3) is 0.579. The van der Waals surface area contributed by atoms with Crippen molar-refractivity contribution in [1.82, 2.24) is 21.4 Å². The number of Topliss-reactive ketones (excluding diaryl/α,β-unsaturated/α-hetero) is 1. The number of hydrogen-bond acceptors (Lipinski definition) is 12. The molecule has 0 aliphatic heterocycles. The van der Waals surface area contributed by atoms with Gasteiger partial charge < -0.3 is 51.1 Å². The van der Waals surface area contributed by atoms with Crippen molar-refractivity contribution < 1.29 is 47.7 Å². The number of ether oxygens (including phenoxy) is 5. The van der Waals surface area contributed by atoms with Crippen molar-refractivity contribution in [2.75, 3.05) is 79.3 Å². The number of rotatable bonds is 29. The van der Waals surface area contributed by atoms with Crippen LogP contribution in [0.2, 0.25) is 0 Å². The maximum Gasteiger partial charge on any atom is 0.407 e. The molecule has 0 saturated carbocycles. The lowest BCUT2D eigenvalue weighted by molar-refractivity contribution is -0.130. The van der Waals surface area contributed by atoms with Gasteiger partial charge in [0, 0.05) is 32.0 Å². The minimum Gasteiger partial charge on any atom is -0.449 e. The van der Waals surface area contributed by atoms with E-state index in [-0.39, 0.29) is 50.3 Å². The Morgan fingerprint density at radius 1 is 0.759 bits per heavy atom. The maximum absolute atomic E-state index is 13.5. The van der Waals surface area contributed by atoms with E-state index in [4.69, 9.17) is 40.0 Å². The summed E-state index contributed by atoms with van der Waals surface area (Å²) in [6.45, 7) is 7.72. The van der Waals surface area contributed by atoms with Crippen LogP contribution in [0.5, 0.6) is 0 Å². The van der Waals surface area contributed by atoms with Crippen LogP contribution < -0.4 is 32.9 Å². The van der Waals surface area contributed by atoms with Gasteiger partial charge in [-0.15, -0.1) is 0 Å². The Kier molecular flexibility index (Phi) is 21.1. The molecule has 0 spiro atoms. The number of benzene rings is 2. The zero-order valence-electron chi connectivity index (χ0n) is 31.5. The van der Waals surface area contributed by atoms with Crippen LogP contribution in [-0.4, -0.2) is 115 Å². The smallest absolute Gasteiger partial charge is 0.407 e. The number of nitrogens with one attached hydrogen (secondary N) is 4. The molecular formula is C38H58N6O10. The molecule has 54 heavy (non-hydrogen) atoms. The van der Waals surface area contributed by atoms with E-state index >= 15 is 0 Å². The molecule has 16 nitrogen and oxygen atoms in total. The van der Waals surface area contributed by atoms with Gasteiger partial charge in [0.2, 0.25) is 5.91 Å². The van der Waals surface area contributed by atoms with Crippen LogP contribution in [0.15, 0.2) is 48.5 Å². The monoisotopic (exact) mass is 758 g/mol. The van der Waals surface area contributed by atoms with Crippen LogP contribution in [-0.2, 0) is 38.1 Å². The second-order valence-corrected chi connectivity index (χ2v) is 12.9. The molecule has 4 amide bonds. The van der Waals surface area contributed by atoms with E-state index in [1.54, 1.807) is 13.8 Å². The third-order valence-electron chi connectivity index (χ3n) is 8.55. The zero-order chi connectivity index (χ0) is 39.0. The lowest BCUT2D eigenvalue weighted by Gasteiger charge is -2.25. The molecule has 0 radical (unpaired) electrons. The van der Waals surface area contributed by atoms with Gasteiger partial charge in [-0.05, 0) is 47.4 Å². The molecule has 1 aliphatic carbocycles. The Hall–Kier alpha value is -4.16. The van der Waals surface area contributed by atoms with Crippen LogP contribution in [0, 0.1) is 5.92 Å². The summed E-state index contributed by atoms with van der Waals surface area (Å²) in [4.78, 5) is 56.2. The van der Waals surface area contributed by atoms with Gasteiger partial charge in [-0.3, -0.25) is 14.4 Å². The van der Waals surface area contributed by atoms with E-state index in [1.807, 2.05) is 36.4 Å². The quantitative estimate of drug-likeness (QED) is 0.0400. The van der Waals surface area contributed by atoms with Gasteiger partial charge in [0.15, 0.2) is 5.78 Å². The van der Waals surface area contributed by atoms with Gasteiger partial charge in [-0.2, -0.15) is 5.48 Å². The number of alkyl carbamates (subject to hydrolysis) is 1. The van der Waals surface area contributed by atoms with E-state index in [2.05, 4.69) is 33.6 Å². The third-order valence-corrected chi connectivity index (χ3v) is 8.55. The number of urea groups is 1. The average molecular weight is 759 g/mol. The number of primary amides is 1. The summed E-state index contributed by atoms with van der Waals surface area (Å²) < 4.78 is 27.2. The molecule has 2 atom stereocenters. The van der Waals surface area contributed by atoms with Crippen molar-refractivity contribution in [3.8, 4) is 11.1 Å². The summed E-state index contributed by atoms with van der Waals surface area (Å²) in [7, 11) is 0. The van der Waals surface area contributed by atoms with Crippen LogP contribution in [0.25, 0.3) is 11.1 Å². The van der Waals surface area contributed by atoms with Crippen molar-refractivity contribution >= 4 is 23.8 Å². The first-order chi connectivity index (χ1) is 26.2. The van der Waals surface area contributed by atoms with Gasteiger partial charge in [-0.25, -0.2) is 9.59 Å². The molecule has 2 aromatic rings. The minimum absolute atomic E-state index is 0.101. The molecule has 0 unspecified atom stereocenters. The molecule has 0 saturated heterocycles. The number of nitrogens with two attached hydrogens (primary N) is 2. The van der Waals surface area contributed by atoms with Crippen LogP contribution >= 0.6 is 0 Å². The molecule has 0 heterocycles. The van der Waals surface area contributed by atoms with E-state index in [0.717, 1.165) is 22.3 Å².